The van der Waals surface area contributed by atoms with Crippen LogP contribution in [-0.4, -0.2) is 21.5 Å². The first-order chi connectivity index (χ1) is 16.6. The minimum atomic E-state index is -0.270. The van der Waals surface area contributed by atoms with Crippen LogP contribution in [0.2, 0.25) is 0 Å². The van der Waals surface area contributed by atoms with Crippen molar-refractivity contribution in [2.24, 2.45) is 7.05 Å². The number of carbonyl (C=O) groups excluding carboxylic acids is 1. The van der Waals surface area contributed by atoms with Gasteiger partial charge < -0.3 is 9.88 Å². The number of carbonyl (C=O) groups is 1. The Bertz CT molecular complexity index is 1280. The fourth-order valence-corrected chi connectivity index (χ4v) is 4.59. The van der Waals surface area contributed by atoms with Crippen LogP contribution < -0.4 is 16.2 Å². The topological polar surface area (TPSA) is 71.0 Å². The average molecular weight is 454 g/mol. The second kappa shape index (κ2) is 9.79. The van der Waals surface area contributed by atoms with Crippen molar-refractivity contribution in [3.8, 4) is 0 Å². The Labute approximate surface area is 200 Å². The summed E-state index contributed by atoms with van der Waals surface area (Å²) in [5, 5.41) is 3.04. The number of hydrogen-bond donors (Lipinski definition) is 3. The van der Waals surface area contributed by atoms with E-state index in [0.717, 1.165) is 41.8 Å². The molecule has 3 aromatic carbocycles. The van der Waals surface area contributed by atoms with E-state index in [9.17, 15) is 4.79 Å². The molecule has 1 aliphatic rings. The Morgan fingerprint density at radius 2 is 1.71 bits per heavy atom. The molecule has 6 heteroatoms. The molecule has 1 amide bonds. The van der Waals surface area contributed by atoms with Crippen molar-refractivity contribution in [3.05, 3.63) is 95.3 Å². The molecule has 174 valence electrons. The third kappa shape index (κ3) is 4.74. The standard InChI is InChI=1S/C28H31N5O/c1-3-19-8-13-21(14-9-19)24-18-25(32-31-24)28(34)29-22-15-10-20(11-16-22)12-17-27-30-23-6-4-5-7-26(23)33(27)2/h4-11,13-16,24-25,31-32H,3,12,17-18H2,1-2H3,(H,29,34). The molecule has 6 nitrogen and oxygen atoms in total. The molecule has 3 N–H and O–H groups in total. The second-order valence-corrected chi connectivity index (χ2v) is 8.99. The van der Waals surface area contributed by atoms with Gasteiger partial charge in [-0.3, -0.25) is 4.79 Å². The van der Waals surface area contributed by atoms with Crippen LogP contribution in [0, 0.1) is 0 Å². The predicted octanol–water partition coefficient (Wildman–Crippen LogP) is 4.47. The van der Waals surface area contributed by atoms with Crippen LogP contribution >= 0.6 is 0 Å². The average Bonchev–Trinajstić information content (AvgIpc) is 3.49. The lowest BCUT2D eigenvalue weighted by Crippen LogP contribution is -2.39. The highest BCUT2D eigenvalue weighted by atomic mass is 16.2. The van der Waals surface area contributed by atoms with Gasteiger partial charge in [0.05, 0.1) is 11.0 Å². The number of amides is 1. The van der Waals surface area contributed by atoms with Crippen LogP contribution in [-0.2, 0) is 31.1 Å². The van der Waals surface area contributed by atoms with Crippen LogP contribution in [0.15, 0.2) is 72.8 Å². The maximum Gasteiger partial charge on any atom is 0.242 e. The summed E-state index contributed by atoms with van der Waals surface area (Å²) in [4.78, 5) is 17.5. The zero-order valence-corrected chi connectivity index (χ0v) is 19.7. The van der Waals surface area contributed by atoms with Gasteiger partial charge in [0.25, 0.3) is 0 Å². The number of nitrogens with zero attached hydrogens (tertiary/aromatic N) is 2. The minimum Gasteiger partial charge on any atom is -0.331 e. The first-order valence-corrected chi connectivity index (χ1v) is 12.0. The number of imidazole rings is 1. The summed E-state index contributed by atoms with van der Waals surface area (Å²) in [6.07, 6.45) is 3.51. The summed E-state index contributed by atoms with van der Waals surface area (Å²) in [7, 11) is 2.07. The van der Waals surface area contributed by atoms with E-state index < -0.39 is 0 Å². The SMILES string of the molecule is CCc1ccc(C2CC(C(=O)Nc3ccc(CCc4nc5ccccc5n4C)cc3)NN2)cc1. The maximum absolute atomic E-state index is 12.8. The normalized spacial score (nSPS) is 17.8. The summed E-state index contributed by atoms with van der Waals surface area (Å²) < 4.78 is 2.16. The third-order valence-electron chi connectivity index (χ3n) is 6.75. The van der Waals surface area contributed by atoms with Gasteiger partial charge in [0.2, 0.25) is 5.91 Å². The van der Waals surface area contributed by atoms with Crippen LogP contribution in [0.5, 0.6) is 0 Å². The van der Waals surface area contributed by atoms with Crippen LogP contribution in [0.3, 0.4) is 0 Å². The highest BCUT2D eigenvalue weighted by Gasteiger charge is 2.30. The summed E-state index contributed by atoms with van der Waals surface area (Å²) in [6, 6.07) is 24.8. The number of rotatable bonds is 7. The van der Waals surface area contributed by atoms with Gasteiger partial charge in [-0.2, -0.15) is 0 Å². The molecule has 0 saturated carbocycles. The first-order valence-electron chi connectivity index (χ1n) is 12.0. The highest BCUT2D eigenvalue weighted by molar-refractivity contribution is 5.95. The van der Waals surface area contributed by atoms with Gasteiger partial charge in [0.15, 0.2) is 0 Å². The number of fused-ring (bicyclic) bond motifs is 1. The molecule has 2 atom stereocenters. The lowest BCUT2D eigenvalue weighted by Gasteiger charge is -2.12. The molecule has 4 aromatic rings. The molecule has 1 saturated heterocycles. The van der Waals surface area contributed by atoms with Crippen molar-refractivity contribution < 1.29 is 4.79 Å². The Balaban J connectivity index is 1.15. The number of nitrogens with one attached hydrogen (secondary N) is 3. The van der Waals surface area contributed by atoms with Crippen LogP contribution in [0.4, 0.5) is 5.69 Å². The largest absolute Gasteiger partial charge is 0.331 e. The Morgan fingerprint density at radius 3 is 2.44 bits per heavy atom. The highest BCUT2D eigenvalue weighted by Crippen LogP contribution is 2.24. The van der Waals surface area contributed by atoms with Crippen molar-refractivity contribution >= 4 is 22.6 Å². The van der Waals surface area contributed by atoms with Gasteiger partial charge in [0, 0.05) is 25.2 Å². The number of aryl methyl sites for hydroxylation is 4. The number of aromatic nitrogens is 2. The molecular formula is C28H31N5O. The summed E-state index contributed by atoms with van der Waals surface area (Å²) in [6.45, 7) is 2.15. The number of hydrazine groups is 1. The van der Waals surface area contributed by atoms with E-state index >= 15 is 0 Å². The molecule has 2 unspecified atom stereocenters. The number of hydrogen-bond acceptors (Lipinski definition) is 4. The summed E-state index contributed by atoms with van der Waals surface area (Å²) in [5.74, 6) is 1.06. The van der Waals surface area contributed by atoms with Crippen molar-refractivity contribution in [3.63, 3.8) is 0 Å². The fourth-order valence-electron chi connectivity index (χ4n) is 4.59. The van der Waals surface area contributed by atoms with E-state index in [1.165, 1.54) is 16.7 Å². The lowest BCUT2D eigenvalue weighted by molar-refractivity contribution is -0.117. The van der Waals surface area contributed by atoms with Crippen molar-refractivity contribution in [2.75, 3.05) is 5.32 Å². The molecule has 1 aromatic heterocycles. The Kier molecular flexibility index (Phi) is 6.43. The molecule has 34 heavy (non-hydrogen) atoms. The van der Waals surface area contributed by atoms with Gasteiger partial charge in [-0.05, 0) is 60.2 Å². The summed E-state index contributed by atoms with van der Waals surface area (Å²) >= 11 is 0. The molecule has 0 radical (unpaired) electrons. The Morgan fingerprint density at radius 1 is 0.971 bits per heavy atom. The van der Waals surface area contributed by atoms with Crippen LogP contribution in [0.25, 0.3) is 11.0 Å². The van der Waals surface area contributed by atoms with Crippen molar-refractivity contribution in [1.82, 2.24) is 20.4 Å². The van der Waals surface area contributed by atoms with E-state index in [4.69, 9.17) is 4.98 Å². The molecule has 0 aliphatic carbocycles. The molecule has 1 aliphatic heterocycles. The lowest BCUT2D eigenvalue weighted by atomic mass is 10.00. The predicted molar refractivity (Wildman–Crippen MR) is 136 cm³/mol. The smallest absolute Gasteiger partial charge is 0.242 e. The molecule has 1 fully saturated rings. The van der Waals surface area contributed by atoms with E-state index in [1.807, 2.05) is 24.3 Å². The molecule has 0 spiro atoms. The minimum absolute atomic E-state index is 0.0207. The van der Waals surface area contributed by atoms with Gasteiger partial charge in [0.1, 0.15) is 11.9 Å². The van der Waals surface area contributed by atoms with Crippen molar-refractivity contribution in [2.45, 2.75) is 44.7 Å². The van der Waals surface area contributed by atoms with Gasteiger partial charge in [-0.1, -0.05) is 55.5 Å². The number of anilines is 1. The van der Waals surface area contributed by atoms with E-state index in [1.54, 1.807) is 0 Å². The maximum atomic E-state index is 12.8. The summed E-state index contributed by atoms with van der Waals surface area (Å²) in [5.41, 5.74) is 13.2. The van der Waals surface area contributed by atoms with Crippen molar-refractivity contribution in [1.29, 1.82) is 0 Å². The van der Waals surface area contributed by atoms with E-state index in [0.29, 0.717) is 6.42 Å². The first kappa shape index (κ1) is 22.3. The Hall–Kier alpha value is -3.48. The van der Waals surface area contributed by atoms with Gasteiger partial charge in [-0.25, -0.2) is 15.8 Å². The molecule has 2 heterocycles. The number of benzene rings is 3. The fraction of sp³-hybridized carbons (Fsp3) is 0.286. The second-order valence-electron chi connectivity index (χ2n) is 8.99. The molecule has 0 bridgehead atoms. The zero-order valence-electron chi connectivity index (χ0n) is 19.7. The molecule has 5 rings (SSSR count). The molecular weight excluding hydrogens is 422 g/mol. The monoisotopic (exact) mass is 453 g/mol. The zero-order chi connectivity index (χ0) is 23.5. The van der Waals surface area contributed by atoms with Gasteiger partial charge >= 0.3 is 0 Å². The number of para-hydroxylation sites is 2. The van der Waals surface area contributed by atoms with Gasteiger partial charge in [-0.15, -0.1) is 0 Å². The van der Waals surface area contributed by atoms with Crippen LogP contribution in [0.1, 0.15) is 41.9 Å². The van der Waals surface area contributed by atoms with E-state index in [-0.39, 0.29) is 18.0 Å². The van der Waals surface area contributed by atoms with E-state index in [2.05, 4.69) is 83.2 Å². The quantitative estimate of drug-likeness (QED) is 0.386. The third-order valence-corrected chi connectivity index (χ3v) is 6.75.